The first kappa shape index (κ1) is 15.1. The maximum atomic E-state index is 12.8. The normalized spacial score (nSPS) is 20.2. The smallest absolute Gasteiger partial charge is 0.325 e. The van der Waals surface area contributed by atoms with Gasteiger partial charge in [-0.3, -0.25) is 4.79 Å². The zero-order valence-corrected chi connectivity index (χ0v) is 11.3. The van der Waals surface area contributed by atoms with Crippen LogP contribution in [0.15, 0.2) is 18.2 Å². The molecule has 1 aromatic carbocycles. The lowest BCUT2D eigenvalue weighted by Gasteiger charge is -2.32. The van der Waals surface area contributed by atoms with Gasteiger partial charge in [0.2, 0.25) is 5.91 Å². The van der Waals surface area contributed by atoms with Crippen LogP contribution in [0.4, 0.5) is 18.9 Å². The molecule has 0 unspecified atom stereocenters. The standard InChI is InChI=1S/C13H13F3N2O.ClH/c14-13(15,16)8-1-2-10-9(7-8)12(11(19)18-10)3-5-17-6-4-12;/h1-2,7,17H,3-6H2,(H,18,19);1H. The topological polar surface area (TPSA) is 41.1 Å². The Labute approximate surface area is 120 Å². The Balaban J connectivity index is 0.00000147. The molecule has 0 bridgehead atoms. The Bertz CT molecular complexity index is 539. The highest BCUT2D eigenvalue weighted by atomic mass is 35.5. The predicted molar refractivity (Wildman–Crippen MR) is 71.1 cm³/mol. The molecule has 3 nitrogen and oxygen atoms in total. The molecule has 2 heterocycles. The molecule has 1 fully saturated rings. The van der Waals surface area contributed by atoms with Gasteiger partial charge in [0.15, 0.2) is 0 Å². The number of fused-ring (bicyclic) bond motifs is 2. The monoisotopic (exact) mass is 306 g/mol. The molecular weight excluding hydrogens is 293 g/mol. The summed E-state index contributed by atoms with van der Waals surface area (Å²) in [6, 6.07) is 3.49. The van der Waals surface area contributed by atoms with E-state index < -0.39 is 17.2 Å². The van der Waals surface area contributed by atoms with Crippen LogP contribution < -0.4 is 10.6 Å². The third kappa shape index (κ3) is 2.16. The minimum absolute atomic E-state index is 0. The van der Waals surface area contributed by atoms with E-state index in [9.17, 15) is 18.0 Å². The zero-order chi connectivity index (χ0) is 13.7. The fourth-order valence-corrected chi connectivity index (χ4v) is 2.94. The molecule has 2 N–H and O–H groups in total. The summed E-state index contributed by atoms with van der Waals surface area (Å²) < 4.78 is 38.4. The van der Waals surface area contributed by atoms with Crippen molar-refractivity contribution in [3.8, 4) is 0 Å². The van der Waals surface area contributed by atoms with Crippen LogP contribution in [0.3, 0.4) is 0 Å². The number of benzene rings is 1. The summed E-state index contributed by atoms with van der Waals surface area (Å²) in [5.41, 5.74) is -0.476. The van der Waals surface area contributed by atoms with Crippen molar-refractivity contribution in [3.05, 3.63) is 29.3 Å². The summed E-state index contributed by atoms with van der Waals surface area (Å²) in [6.07, 6.45) is -3.31. The van der Waals surface area contributed by atoms with Gasteiger partial charge in [-0.1, -0.05) is 0 Å². The molecule has 0 atom stereocenters. The first-order chi connectivity index (χ1) is 8.93. The molecule has 0 saturated carbocycles. The molecular formula is C13H14ClF3N2O. The molecule has 1 saturated heterocycles. The van der Waals surface area contributed by atoms with E-state index in [2.05, 4.69) is 10.6 Å². The molecule has 20 heavy (non-hydrogen) atoms. The van der Waals surface area contributed by atoms with Crippen molar-refractivity contribution in [2.75, 3.05) is 18.4 Å². The largest absolute Gasteiger partial charge is 0.416 e. The van der Waals surface area contributed by atoms with E-state index in [1.54, 1.807) is 0 Å². The summed E-state index contributed by atoms with van der Waals surface area (Å²) in [4.78, 5) is 12.1. The first-order valence-electron chi connectivity index (χ1n) is 6.17. The van der Waals surface area contributed by atoms with Crippen LogP contribution in [0.1, 0.15) is 24.0 Å². The van der Waals surface area contributed by atoms with E-state index in [-0.39, 0.29) is 18.3 Å². The molecule has 0 aliphatic carbocycles. The Morgan fingerprint density at radius 3 is 2.40 bits per heavy atom. The Morgan fingerprint density at radius 2 is 1.80 bits per heavy atom. The Morgan fingerprint density at radius 1 is 1.15 bits per heavy atom. The van der Waals surface area contributed by atoms with Crippen LogP contribution in [0, 0.1) is 0 Å². The summed E-state index contributed by atoms with van der Waals surface area (Å²) in [5.74, 6) is -0.177. The predicted octanol–water partition coefficient (Wildman–Crippen LogP) is 2.70. The van der Waals surface area contributed by atoms with Gasteiger partial charge in [-0.15, -0.1) is 12.4 Å². The van der Waals surface area contributed by atoms with Gasteiger partial charge in [0.1, 0.15) is 0 Å². The summed E-state index contributed by atoms with van der Waals surface area (Å²) in [6.45, 7) is 1.28. The quantitative estimate of drug-likeness (QED) is 0.774. The van der Waals surface area contributed by atoms with E-state index in [0.717, 1.165) is 12.1 Å². The SMILES string of the molecule is Cl.O=C1Nc2ccc(C(F)(F)F)cc2C12CCNCC2. The molecule has 2 aliphatic heterocycles. The minimum atomic E-state index is -4.38. The maximum Gasteiger partial charge on any atom is 0.416 e. The number of hydrogen-bond acceptors (Lipinski definition) is 2. The van der Waals surface area contributed by atoms with Crippen LogP contribution in [0.5, 0.6) is 0 Å². The van der Waals surface area contributed by atoms with Crippen molar-refractivity contribution in [3.63, 3.8) is 0 Å². The highest BCUT2D eigenvalue weighted by molar-refractivity contribution is 6.06. The number of amides is 1. The fraction of sp³-hybridized carbons (Fsp3) is 0.462. The van der Waals surface area contributed by atoms with Gasteiger partial charge < -0.3 is 10.6 Å². The first-order valence-corrected chi connectivity index (χ1v) is 6.17. The van der Waals surface area contributed by atoms with Crippen LogP contribution in [-0.4, -0.2) is 19.0 Å². The number of rotatable bonds is 0. The van der Waals surface area contributed by atoms with Crippen LogP contribution in [0.25, 0.3) is 0 Å². The van der Waals surface area contributed by atoms with Gasteiger partial charge >= 0.3 is 6.18 Å². The van der Waals surface area contributed by atoms with E-state index in [0.29, 0.717) is 37.2 Å². The van der Waals surface area contributed by atoms with Gasteiger partial charge in [-0.25, -0.2) is 0 Å². The fourth-order valence-electron chi connectivity index (χ4n) is 2.94. The van der Waals surface area contributed by atoms with Crippen LogP contribution >= 0.6 is 12.4 Å². The molecule has 1 aromatic rings. The number of halogens is 4. The third-order valence-corrected chi connectivity index (χ3v) is 4.00. The third-order valence-electron chi connectivity index (χ3n) is 4.00. The molecule has 3 rings (SSSR count). The molecule has 0 aromatic heterocycles. The average molecular weight is 307 g/mol. The van der Waals surface area contributed by atoms with Crippen molar-refractivity contribution in [1.29, 1.82) is 0 Å². The number of carbonyl (C=O) groups excluding carboxylic acids is 1. The molecule has 1 amide bonds. The average Bonchev–Trinajstić information content (AvgIpc) is 2.62. The van der Waals surface area contributed by atoms with E-state index >= 15 is 0 Å². The Hall–Kier alpha value is -1.27. The van der Waals surface area contributed by atoms with Crippen molar-refractivity contribution in [2.24, 2.45) is 0 Å². The second-order valence-corrected chi connectivity index (χ2v) is 5.04. The minimum Gasteiger partial charge on any atom is -0.325 e. The second kappa shape index (κ2) is 4.93. The van der Waals surface area contributed by atoms with Gasteiger partial charge in [-0.05, 0) is 49.7 Å². The van der Waals surface area contributed by atoms with Crippen molar-refractivity contribution in [2.45, 2.75) is 24.4 Å². The lowest BCUT2D eigenvalue weighted by atomic mass is 9.74. The lowest BCUT2D eigenvalue weighted by molar-refractivity contribution is -0.137. The van der Waals surface area contributed by atoms with Gasteiger partial charge in [0.25, 0.3) is 0 Å². The van der Waals surface area contributed by atoms with Crippen molar-refractivity contribution in [1.82, 2.24) is 5.32 Å². The number of hydrogen-bond donors (Lipinski definition) is 2. The van der Waals surface area contributed by atoms with Crippen LogP contribution in [0.2, 0.25) is 0 Å². The van der Waals surface area contributed by atoms with Gasteiger partial charge in [-0.2, -0.15) is 13.2 Å². The van der Waals surface area contributed by atoms with Crippen molar-refractivity contribution >= 4 is 24.0 Å². The maximum absolute atomic E-state index is 12.8. The molecule has 110 valence electrons. The number of alkyl halides is 3. The number of carbonyl (C=O) groups is 1. The Kier molecular flexibility index (Phi) is 3.73. The molecule has 7 heteroatoms. The van der Waals surface area contributed by atoms with Gasteiger partial charge in [0, 0.05) is 5.69 Å². The summed E-state index contributed by atoms with van der Waals surface area (Å²) >= 11 is 0. The zero-order valence-electron chi connectivity index (χ0n) is 10.5. The molecule has 0 radical (unpaired) electrons. The molecule has 2 aliphatic rings. The highest BCUT2D eigenvalue weighted by Gasteiger charge is 2.48. The number of piperidine rings is 1. The number of nitrogens with one attached hydrogen (secondary N) is 2. The van der Waals surface area contributed by atoms with E-state index in [1.807, 2.05) is 0 Å². The highest BCUT2D eigenvalue weighted by Crippen LogP contribution is 2.45. The van der Waals surface area contributed by atoms with Crippen molar-refractivity contribution < 1.29 is 18.0 Å². The summed E-state index contributed by atoms with van der Waals surface area (Å²) in [5, 5.41) is 5.83. The van der Waals surface area contributed by atoms with Gasteiger partial charge in [0.05, 0.1) is 11.0 Å². The van der Waals surface area contributed by atoms with E-state index in [4.69, 9.17) is 0 Å². The van der Waals surface area contributed by atoms with Crippen LogP contribution in [-0.2, 0) is 16.4 Å². The van der Waals surface area contributed by atoms with E-state index in [1.165, 1.54) is 6.07 Å². The number of anilines is 1. The second-order valence-electron chi connectivity index (χ2n) is 5.04. The molecule has 1 spiro atoms. The summed E-state index contributed by atoms with van der Waals surface area (Å²) in [7, 11) is 0. The lowest BCUT2D eigenvalue weighted by Crippen LogP contribution is -2.44.